The molecule has 2 atom stereocenters. The minimum Gasteiger partial charge on any atom is -0.378 e. The first-order valence-corrected chi connectivity index (χ1v) is 5.11. The van der Waals surface area contributed by atoms with Gasteiger partial charge in [-0.25, -0.2) is 0 Å². The fraction of sp³-hybridized carbons (Fsp3) is 1.00. The first-order chi connectivity index (χ1) is 7.00. The Bertz CT molecular complexity index is 198. The summed E-state index contributed by atoms with van der Waals surface area (Å²) in [5.41, 5.74) is 5.20. The van der Waals surface area contributed by atoms with Crippen LogP contribution in [0.25, 0.3) is 0 Å². The molecule has 0 aromatic carbocycles. The number of nitrogens with two attached hydrogens (primary N) is 1. The molecule has 1 rings (SSSR count). The molecule has 0 amide bonds. The first-order valence-electron chi connectivity index (χ1n) is 5.11. The fourth-order valence-corrected chi connectivity index (χ4v) is 1.89. The Hall–Kier alpha value is -0.330. The molecule has 0 saturated carbocycles. The second kappa shape index (κ2) is 5.14. The Morgan fingerprint density at radius 1 is 1.53 bits per heavy atom. The van der Waals surface area contributed by atoms with Gasteiger partial charge in [0.05, 0.1) is 13.2 Å². The van der Waals surface area contributed by atoms with Crippen molar-refractivity contribution < 1.29 is 17.9 Å². The molecule has 2 unspecified atom stereocenters. The zero-order chi connectivity index (χ0) is 11.5. The molecule has 0 spiro atoms. The van der Waals surface area contributed by atoms with Crippen LogP contribution in [0, 0.1) is 0 Å². The average Bonchev–Trinajstić information content (AvgIpc) is 2.17. The minimum absolute atomic E-state index is 0.172. The van der Waals surface area contributed by atoms with Crippen molar-refractivity contribution >= 4 is 0 Å². The van der Waals surface area contributed by atoms with Crippen LogP contribution in [0.1, 0.15) is 13.3 Å². The third kappa shape index (κ3) is 3.06. The molecule has 0 aromatic rings. The maximum absolute atomic E-state index is 12.7. The van der Waals surface area contributed by atoms with E-state index in [9.17, 15) is 13.2 Å². The van der Waals surface area contributed by atoms with Crippen molar-refractivity contribution in [2.24, 2.45) is 5.73 Å². The van der Waals surface area contributed by atoms with Gasteiger partial charge in [-0.3, -0.25) is 4.90 Å². The summed E-state index contributed by atoms with van der Waals surface area (Å²) in [7, 11) is 0. The van der Waals surface area contributed by atoms with Gasteiger partial charge < -0.3 is 10.5 Å². The highest BCUT2D eigenvalue weighted by atomic mass is 19.4. The Balaban J connectivity index is 2.72. The third-order valence-electron chi connectivity index (χ3n) is 2.75. The Morgan fingerprint density at radius 2 is 2.20 bits per heavy atom. The molecule has 0 bridgehead atoms. The molecule has 1 saturated heterocycles. The van der Waals surface area contributed by atoms with Crippen LogP contribution in [-0.4, -0.2) is 49.5 Å². The average molecular weight is 226 g/mol. The largest absolute Gasteiger partial charge is 0.405 e. The van der Waals surface area contributed by atoms with Crippen LogP contribution in [0.5, 0.6) is 0 Å². The lowest BCUT2D eigenvalue weighted by Crippen LogP contribution is -2.58. The number of hydrogen-bond donors (Lipinski definition) is 1. The highest BCUT2D eigenvalue weighted by Gasteiger charge is 2.45. The molecular weight excluding hydrogens is 209 g/mol. The molecule has 90 valence electrons. The van der Waals surface area contributed by atoms with Crippen LogP contribution in [0.15, 0.2) is 0 Å². The van der Waals surface area contributed by atoms with E-state index in [1.54, 1.807) is 0 Å². The Morgan fingerprint density at radius 3 is 2.67 bits per heavy atom. The van der Waals surface area contributed by atoms with E-state index in [0.29, 0.717) is 26.2 Å². The number of ether oxygens (including phenoxy) is 1. The lowest BCUT2D eigenvalue weighted by atomic mass is 10.1. The molecule has 0 aliphatic carbocycles. The van der Waals surface area contributed by atoms with Gasteiger partial charge >= 0.3 is 6.18 Å². The smallest absolute Gasteiger partial charge is 0.378 e. The summed E-state index contributed by atoms with van der Waals surface area (Å²) in [4.78, 5) is 1.42. The quantitative estimate of drug-likeness (QED) is 0.779. The first kappa shape index (κ1) is 12.7. The SMILES string of the molecule is CCC1COCCN1C(CN)C(F)(F)F. The minimum atomic E-state index is -4.25. The van der Waals surface area contributed by atoms with Gasteiger partial charge in [0.15, 0.2) is 0 Å². The lowest BCUT2D eigenvalue weighted by Gasteiger charge is -2.40. The van der Waals surface area contributed by atoms with Crippen LogP contribution in [0.4, 0.5) is 13.2 Å². The molecular formula is C9H17F3N2O. The van der Waals surface area contributed by atoms with E-state index in [-0.39, 0.29) is 12.6 Å². The van der Waals surface area contributed by atoms with Gasteiger partial charge in [0.25, 0.3) is 0 Å². The summed E-state index contributed by atoms with van der Waals surface area (Å²) in [5.74, 6) is 0. The zero-order valence-corrected chi connectivity index (χ0v) is 8.76. The molecule has 0 aromatic heterocycles. The number of hydrogen-bond acceptors (Lipinski definition) is 3. The number of nitrogens with zero attached hydrogens (tertiary/aromatic N) is 1. The maximum atomic E-state index is 12.7. The van der Waals surface area contributed by atoms with Crippen LogP contribution < -0.4 is 5.73 Å². The lowest BCUT2D eigenvalue weighted by molar-refractivity contribution is -0.198. The van der Waals surface area contributed by atoms with Gasteiger partial charge in [0.2, 0.25) is 0 Å². The molecule has 1 aliphatic rings. The van der Waals surface area contributed by atoms with Crippen molar-refractivity contribution in [1.29, 1.82) is 0 Å². The van der Waals surface area contributed by atoms with E-state index in [1.807, 2.05) is 6.92 Å². The van der Waals surface area contributed by atoms with E-state index in [2.05, 4.69) is 0 Å². The van der Waals surface area contributed by atoms with Crippen molar-refractivity contribution in [2.45, 2.75) is 31.6 Å². The van der Waals surface area contributed by atoms with Crippen molar-refractivity contribution in [3.8, 4) is 0 Å². The summed E-state index contributed by atoms with van der Waals surface area (Å²) < 4.78 is 43.1. The monoisotopic (exact) mass is 226 g/mol. The molecule has 15 heavy (non-hydrogen) atoms. The van der Waals surface area contributed by atoms with Crippen LogP contribution in [0.3, 0.4) is 0 Å². The second-order valence-corrected chi connectivity index (χ2v) is 3.67. The molecule has 2 N–H and O–H groups in total. The van der Waals surface area contributed by atoms with E-state index < -0.39 is 12.2 Å². The standard InChI is InChI=1S/C9H17F3N2O/c1-2-7-6-15-4-3-14(7)8(5-13)9(10,11)12/h7-8H,2-6,13H2,1H3. The van der Waals surface area contributed by atoms with Gasteiger partial charge in [0.1, 0.15) is 6.04 Å². The molecule has 1 fully saturated rings. The van der Waals surface area contributed by atoms with Gasteiger partial charge in [-0.2, -0.15) is 13.2 Å². The number of halogens is 3. The topological polar surface area (TPSA) is 38.5 Å². The van der Waals surface area contributed by atoms with Crippen molar-refractivity contribution in [3.63, 3.8) is 0 Å². The van der Waals surface area contributed by atoms with E-state index in [4.69, 9.17) is 10.5 Å². The predicted octanol–water partition coefficient (Wildman–Crippen LogP) is 0.987. The third-order valence-corrected chi connectivity index (χ3v) is 2.75. The van der Waals surface area contributed by atoms with Crippen molar-refractivity contribution in [1.82, 2.24) is 4.90 Å². The van der Waals surface area contributed by atoms with Crippen molar-refractivity contribution in [3.05, 3.63) is 0 Å². The second-order valence-electron chi connectivity index (χ2n) is 3.67. The van der Waals surface area contributed by atoms with Crippen LogP contribution in [0.2, 0.25) is 0 Å². The van der Waals surface area contributed by atoms with E-state index in [1.165, 1.54) is 4.90 Å². The highest BCUT2D eigenvalue weighted by Crippen LogP contribution is 2.27. The zero-order valence-electron chi connectivity index (χ0n) is 8.76. The van der Waals surface area contributed by atoms with Gasteiger partial charge in [0, 0.05) is 19.1 Å². The highest BCUT2D eigenvalue weighted by molar-refractivity contribution is 4.86. The predicted molar refractivity (Wildman–Crippen MR) is 50.5 cm³/mol. The fourth-order valence-electron chi connectivity index (χ4n) is 1.89. The summed E-state index contributed by atoms with van der Waals surface area (Å²) >= 11 is 0. The normalized spacial score (nSPS) is 26.6. The molecule has 6 heteroatoms. The van der Waals surface area contributed by atoms with Crippen molar-refractivity contribution in [2.75, 3.05) is 26.3 Å². The number of rotatable bonds is 3. The maximum Gasteiger partial charge on any atom is 0.405 e. The van der Waals surface area contributed by atoms with E-state index in [0.717, 1.165) is 0 Å². The Labute approximate surface area is 87.4 Å². The molecule has 1 heterocycles. The molecule has 3 nitrogen and oxygen atoms in total. The van der Waals surface area contributed by atoms with Crippen LogP contribution >= 0.6 is 0 Å². The summed E-state index contributed by atoms with van der Waals surface area (Å²) in [6.07, 6.45) is -3.61. The number of alkyl halides is 3. The van der Waals surface area contributed by atoms with Crippen LogP contribution in [-0.2, 0) is 4.74 Å². The van der Waals surface area contributed by atoms with Gasteiger partial charge in [-0.05, 0) is 6.42 Å². The number of morpholine rings is 1. The molecule has 0 radical (unpaired) electrons. The summed E-state index contributed by atoms with van der Waals surface area (Å²) in [5, 5.41) is 0. The Kier molecular flexibility index (Phi) is 4.36. The van der Waals surface area contributed by atoms with E-state index >= 15 is 0 Å². The van der Waals surface area contributed by atoms with Gasteiger partial charge in [-0.1, -0.05) is 6.92 Å². The summed E-state index contributed by atoms with van der Waals surface area (Å²) in [6, 6.07) is -1.71. The molecule has 1 aliphatic heterocycles. The summed E-state index contributed by atoms with van der Waals surface area (Å²) in [6.45, 7) is 2.49. The van der Waals surface area contributed by atoms with Gasteiger partial charge in [-0.15, -0.1) is 0 Å².